The van der Waals surface area contributed by atoms with E-state index >= 15 is 0 Å². The molecule has 1 rings (SSSR count). The number of carbonyl (C=O) groups excluding carboxylic acids is 1. The molecule has 0 amide bonds. The third-order valence-corrected chi connectivity index (χ3v) is 8.21. The van der Waals surface area contributed by atoms with Gasteiger partial charge >= 0.3 is 11.9 Å². The van der Waals surface area contributed by atoms with Crippen molar-refractivity contribution in [2.24, 2.45) is 0 Å². The second-order valence-corrected chi connectivity index (χ2v) is 12.3. The number of carboxylic acid groups (broad SMARTS) is 1. The molecule has 0 fully saturated rings. The van der Waals surface area contributed by atoms with Crippen LogP contribution >= 0.6 is 0 Å². The van der Waals surface area contributed by atoms with Crippen molar-refractivity contribution in [2.45, 2.75) is 154 Å². The lowest BCUT2D eigenvalue weighted by molar-refractivity contribution is -0.134. The zero-order chi connectivity index (χ0) is 32.4. The minimum absolute atomic E-state index is 0.0494. The lowest BCUT2D eigenvalue weighted by atomic mass is 10.0. The maximum absolute atomic E-state index is 12.6. The highest BCUT2D eigenvalue weighted by Gasteiger charge is 2.18. The number of carbonyl (C=O) groups is 2. The molecule has 1 aromatic rings. The first-order valence-electron chi connectivity index (χ1n) is 17.5. The van der Waals surface area contributed by atoms with Crippen LogP contribution in [0.15, 0.2) is 18.2 Å². The van der Waals surface area contributed by atoms with Gasteiger partial charge in [0, 0.05) is 19.5 Å². The summed E-state index contributed by atoms with van der Waals surface area (Å²) >= 11 is 0. The first-order chi connectivity index (χ1) is 21.3. The normalized spacial score (nSPS) is 12.8. The fourth-order valence-corrected chi connectivity index (χ4v) is 5.57. The van der Waals surface area contributed by atoms with Crippen LogP contribution in [0.3, 0.4) is 0 Å². The molecule has 44 heavy (non-hydrogen) atoms. The molecule has 0 aliphatic carbocycles. The van der Waals surface area contributed by atoms with Gasteiger partial charge < -0.3 is 24.8 Å². The van der Waals surface area contributed by atoms with Gasteiger partial charge in [-0.25, -0.2) is 4.79 Å². The van der Waals surface area contributed by atoms with Crippen molar-refractivity contribution < 1.29 is 34.4 Å². The summed E-state index contributed by atoms with van der Waals surface area (Å²) < 4.78 is 10.7. The van der Waals surface area contributed by atoms with Crippen LogP contribution in [-0.4, -0.2) is 71.1 Å². The van der Waals surface area contributed by atoms with E-state index in [0.717, 1.165) is 38.5 Å². The summed E-state index contributed by atoms with van der Waals surface area (Å²) in [6.45, 7) is 5.98. The molecule has 0 radical (unpaired) electrons. The van der Waals surface area contributed by atoms with Crippen LogP contribution in [0.1, 0.15) is 153 Å². The first kappa shape index (κ1) is 39.9. The zero-order valence-electron chi connectivity index (χ0n) is 28.1. The van der Waals surface area contributed by atoms with E-state index in [-0.39, 0.29) is 23.5 Å². The number of nitrogens with zero attached hydrogens (tertiary/aromatic N) is 1. The number of aliphatic hydroxyl groups is 2. The highest BCUT2D eigenvalue weighted by atomic mass is 16.6. The number of unbranched alkanes of at least 4 members (excludes halogenated alkanes) is 14. The Labute approximate surface area is 267 Å². The van der Waals surface area contributed by atoms with Crippen LogP contribution in [0.5, 0.6) is 11.5 Å². The number of hydrogen-bond donors (Lipinski definition) is 3. The average molecular weight is 622 g/mol. The molecule has 8 nitrogen and oxygen atoms in total. The molecule has 0 saturated carbocycles. The van der Waals surface area contributed by atoms with Gasteiger partial charge in [0.05, 0.1) is 24.9 Å². The van der Waals surface area contributed by atoms with E-state index in [9.17, 15) is 24.9 Å². The van der Waals surface area contributed by atoms with E-state index in [2.05, 4.69) is 18.7 Å². The standard InChI is InChI=1S/C36H63NO7/c1-4-6-8-10-12-14-16-18-21-31(38)28-37(29-32(39)22-19-17-15-13-11-9-7-5-2)26-20-23-35(40)44-33-25-24-30(36(41)42)27-34(33)43-3/h24-25,27,31-32,38-39H,4-23,26,28-29H2,1-3H3,(H,41,42). The van der Waals surface area contributed by atoms with E-state index in [4.69, 9.17) is 9.47 Å². The van der Waals surface area contributed by atoms with Crippen LogP contribution in [-0.2, 0) is 4.79 Å². The van der Waals surface area contributed by atoms with Crippen molar-refractivity contribution >= 4 is 11.9 Å². The molecule has 3 N–H and O–H groups in total. The smallest absolute Gasteiger partial charge is 0.335 e. The maximum Gasteiger partial charge on any atom is 0.335 e. The van der Waals surface area contributed by atoms with E-state index in [1.807, 2.05) is 0 Å². The molecule has 2 unspecified atom stereocenters. The predicted octanol–water partition coefficient (Wildman–Crippen LogP) is 8.16. The lowest BCUT2D eigenvalue weighted by Crippen LogP contribution is -2.39. The van der Waals surface area contributed by atoms with Gasteiger partial charge in [0.1, 0.15) is 0 Å². The lowest BCUT2D eigenvalue weighted by Gasteiger charge is -2.27. The molecule has 0 aromatic heterocycles. The van der Waals surface area contributed by atoms with Gasteiger partial charge in [-0.3, -0.25) is 9.69 Å². The van der Waals surface area contributed by atoms with Crippen LogP contribution in [0, 0.1) is 0 Å². The SMILES string of the molecule is CCCCCCCCCCC(O)CN(CCCC(=O)Oc1ccc(C(=O)O)cc1OC)CC(O)CCCCCCCCCC. The maximum atomic E-state index is 12.6. The Kier molecular flexibility index (Phi) is 23.6. The third-order valence-electron chi connectivity index (χ3n) is 8.21. The Morgan fingerprint density at radius 2 is 1.18 bits per heavy atom. The van der Waals surface area contributed by atoms with Gasteiger partial charge in [-0.05, 0) is 44.0 Å². The highest BCUT2D eigenvalue weighted by molar-refractivity contribution is 5.88. The number of aromatic carboxylic acids is 1. The van der Waals surface area contributed by atoms with Crippen molar-refractivity contribution in [1.29, 1.82) is 0 Å². The summed E-state index contributed by atoms with van der Waals surface area (Å²) in [6.07, 6.45) is 20.8. The number of ether oxygens (including phenoxy) is 2. The fourth-order valence-electron chi connectivity index (χ4n) is 5.57. The molecule has 8 heteroatoms. The van der Waals surface area contributed by atoms with E-state index < -0.39 is 24.1 Å². The van der Waals surface area contributed by atoms with Crippen LogP contribution < -0.4 is 9.47 Å². The van der Waals surface area contributed by atoms with Crippen LogP contribution in [0.2, 0.25) is 0 Å². The van der Waals surface area contributed by atoms with Gasteiger partial charge in [-0.15, -0.1) is 0 Å². The van der Waals surface area contributed by atoms with Gasteiger partial charge in [-0.2, -0.15) is 0 Å². The van der Waals surface area contributed by atoms with Crippen molar-refractivity contribution in [2.75, 3.05) is 26.7 Å². The monoisotopic (exact) mass is 621 g/mol. The number of esters is 1. The fraction of sp³-hybridized carbons (Fsp3) is 0.778. The van der Waals surface area contributed by atoms with Crippen molar-refractivity contribution in [3.63, 3.8) is 0 Å². The summed E-state index contributed by atoms with van der Waals surface area (Å²) in [5.41, 5.74) is 0.0494. The molecule has 0 bridgehead atoms. The Morgan fingerprint density at radius 1 is 0.705 bits per heavy atom. The Hall–Kier alpha value is -2.16. The molecule has 254 valence electrons. The molecule has 1 aromatic carbocycles. The van der Waals surface area contributed by atoms with Crippen molar-refractivity contribution in [3.8, 4) is 11.5 Å². The van der Waals surface area contributed by atoms with Gasteiger partial charge in [0.25, 0.3) is 0 Å². The molecule has 0 aliphatic rings. The third kappa shape index (κ3) is 20.0. The van der Waals surface area contributed by atoms with Crippen LogP contribution in [0.25, 0.3) is 0 Å². The first-order valence-corrected chi connectivity index (χ1v) is 17.5. The largest absolute Gasteiger partial charge is 0.493 e. The number of benzene rings is 1. The van der Waals surface area contributed by atoms with E-state index in [0.29, 0.717) is 26.1 Å². The van der Waals surface area contributed by atoms with Gasteiger partial charge in [0.15, 0.2) is 11.5 Å². The number of methoxy groups -OCH3 is 1. The zero-order valence-corrected chi connectivity index (χ0v) is 28.1. The summed E-state index contributed by atoms with van der Waals surface area (Å²) in [4.78, 5) is 25.9. The van der Waals surface area contributed by atoms with Crippen molar-refractivity contribution in [3.05, 3.63) is 23.8 Å². The summed E-state index contributed by atoms with van der Waals surface area (Å²) in [6, 6.07) is 4.13. The summed E-state index contributed by atoms with van der Waals surface area (Å²) in [5.74, 6) is -1.16. The van der Waals surface area contributed by atoms with Crippen LogP contribution in [0.4, 0.5) is 0 Å². The number of hydrogen-bond acceptors (Lipinski definition) is 7. The Bertz CT molecular complexity index is 850. The predicted molar refractivity (Wildman–Crippen MR) is 178 cm³/mol. The molecule has 0 aliphatic heterocycles. The topological polar surface area (TPSA) is 117 Å². The number of aliphatic hydroxyl groups excluding tert-OH is 2. The minimum Gasteiger partial charge on any atom is -0.493 e. The van der Waals surface area contributed by atoms with E-state index in [1.54, 1.807) is 0 Å². The van der Waals surface area contributed by atoms with Gasteiger partial charge in [0.2, 0.25) is 0 Å². The summed E-state index contributed by atoms with van der Waals surface area (Å²) in [5, 5.41) is 30.8. The number of carboxylic acids is 1. The molecule has 0 heterocycles. The summed E-state index contributed by atoms with van der Waals surface area (Å²) in [7, 11) is 1.40. The minimum atomic E-state index is -1.09. The molecule has 0 spiro atoms. The van der Waals surface area contributed by atoms with Gasteiger partial charge in [-0.1, -0.05) is 117 Å². The molecule has 2 atom stereocenters. The van der Waals surface area contributed by atoms with Crippen molar-refractivity contribution in [1.82, 2.24) is 4.90 Å². The molecular formula is C36H63NO7. The quantitative estimate of drug-likeness (QED) is 0.0466. The molecule has 0 saturated heterocycles. The Morgan fingerprint density at radius 3 is 1.64 bits per heavy atom. The average Bonchev–Trinajstić information content (AvgIpc) is 2.99. The molecular weight excluding hydrogens is 558 g/mol. The van der Waals surface area contributed by atoms with E-state index in [1.165, 1.54) is 102 Å². The second kappa shape index (κ2) is 26.1. The second-order valence-electron chi connectivity index (χ2n) is 12.3. The number of rotatable bonds is 29. The Balaban J connectivity index is 2.54. The highest BCUT2D eigenvalue weighted by Crippen LogP contribution is 2.28.